The molecule has 0 saturated carbocycles. The van der Waals surface area contributed by atoms with Crippen LogP contribution in [0.4, 0.5) is 0 Å². The van der Waals surface area contributed by atoms with E-state index in [1.54, 1.807) is 18.2 Å². The molecule has 45 heavy (non-hydrogen) atoms. The van der Waals surface area contributed by atoms with Crippen molar-refractivity contribution in [2.24, 2.45) is 11.3 Å². The molecular formula is C35H34N4O5S. The molecule has 1 aliphatic heterocycles. The number of carbonyl (C=O) groups is 2. The van der Waals surface area contributed by atoms with E-state index in [0.29, 0.717) is 11.1 Å². The lowest BCUT2D eigenvalue weighted by Gasteiger charge is -2.34. The first-order valence-electron chi connectivity index (χ1n) is 14.8. The summed E-state index contributed by atoms with van der Waals surface area (Å²) in [6.07, 6.45) is 3.05. The van der Waals surface area contributed by atoms with Crippen LogP contribution in [-0.2, 0) is 42.8 Å². The van der Waals surface area contributed by atoms with Crippen LogP contribution in [0.15, 0.2) is 103 Å². The third-order valence-electron chi connectivity index (χ3n) is 8.36. The maximum absolute atomic E-state index is 14.6. The Morgan fingerprint density at radius 3 is 2.09 bits per heavy atom. The quantitative estimate of drug-likeness (QED) is 0.131. The Labute approximate surface area is 262 Å². The van der Waals surface area contributed by atoms with E-state index >= 15 is 0 Å². The number of Topliss-reactive ketones (excluding diaryl/α,β-unsaturated/α-hetero) is 1. The number of carbonyl (C=O) groups excluding carboxylic acids is 2. The van der Waals surface area contributed by atoms with Gasteiger partial charge in [0.15, 0.2) is 22.1 Å². The molecule has 0 bridgehead atoms. The van der Waals surface area contributed by atoms with Gasteiger partial charge < -0.3 is 9.72 Å². The molecule has 9 nitrogen and oxygen atoms in total. The fourth-order valence-electron chi connectivity index (χ4n) is 6.48. The first-order chi connectivity index (χ1) is 21.5. The summed E-state index contributed by atoms with van der Waals surface area (Å²) in [6, 6.07) is 26.2. The van der Waals surface area contributed by atoms with E-state index < -0.39 is 38.7 Å². The molecular weight excluding hydrogens is 588 g/mol. The van der Waals surface area contributed by atoms with Gasteiger partial charge in [-0.05, 0) is 27.7 Å². The second kappa shape index (κ2) is 11.7. The van der Waals surface area contributed by atoms with Gasteiger partial charge in [0.2, 0.25) is 9.84 Å². The van der Waals surface area contributed by atoms with E-state index in [1.165, 1.54) is 12.7 Å². The van der Waals surface area contributed by atoms with Gasteiger partial charge in [-0.25, -0.2) is 23.4 Å². The van der Waals surface area contributed by atoms with Gasteiger partial charge in [-0.15, -0.1) is 0 Å². The maximum atomic E-state index is 14.6. The molecule has 1 saturated heterocycles. The molecule has 230 valence electrons. The number of hydrogen-bond donors (Lipinski definition) is 1. The number of imidazole rings is 1. The Morgan fingerprint density at radius 2 is 1.47 bits per heavy atom. The highest BCUT2D eigenvalue weighted by molar-refractivity contribution is 7.90. The minimum Gasteiger partial charge on any atom is -0.450 e. The molecule has 0 amide bonds. The molecule has 5 aromatic rings. The molecule has 3 aromatic carbocycles. The summed E-state index contributed by atoms with van der Waals surface area (Å²) in [4.78, 5) is 43.4. The number of hydrogen-bond acceptors (Lipinski definition) is 8. The summed E-state index contributed by atoms with van der Waals surface area (Å²) in [5, 5.41) is -0.135. The number of aromatic nitrogens is 4. The van der Waals surface area contributed by atoms with Crippen LogP contribution < -0.4 is 0 Å². The van der Waals surface area contributed by atoms with Crippen LogP contribution in [-0.4, -0.2) is 45.7 Å². The van der Waals surface area contributed by atoms with Gasteiger partial charge in [0.25, 0.3) is 0 Å². The number of ketones is 1. The first kappa shape index (κ1) is 30.3. The summed E-state index contributed by atoms with van der Waals surface area (Å²) >= 11 is 0. The van der Waals surface area contributed by atoms with E-state index in [4.69, 9.17) is 4.74 Å². The summed E-state index contributed by atoms with van der Waals surface area (Å²) in [5.74, 6) is -2.81. The number of benzene rings is 3. The van der Waals surface area contributed by atoms with Gasteiger partial charge in [-0.2, -0.15) is 0 Å². The lowest BCUT2D eigenvalue weighted by atomic mass is 9.66. The van der Waals surface area contributed by atoms with Gasteiger partial charge in [-0.3, -0.25) is 9.59 Å². The lowest BCUT2D eigenvalue weighted by Crippen LogP contribution is -2.44. The number of cyclic esters (lactones) is 1. The van der Waals surface area contributed by atoms with Crippen molar-refractivity contribution in [2.75, 3.05) is 0 Å². The zero-order chi connectivity index (χ0) is 31.8. The molecule has 0 aliphatic carbocycles. The van der Waals surface area contributed by atoms with Crippen molar-refractivity contribution >= 4 is 32.8 Å². The zero-order valence-corrected chi connectivity index (χ0v) is 26.1. The standard InChI is InChI=1S/C35H34N4O5S/c1-34(2,3)28(26-16-10-15-25(17-26)20-45(42,43)32-29-31(37-21-36-29)38-22-39-32)27-30(40)35(44-33(27)41,18-23-11-6-4-7-12-23)19-24-13-8-5-9-14-24/h4-17,21-22,27-28H,18-20H2,1-3H3,(H,36,37,38,39). The molecule has 1 fully saturated rings. The Kier molecular flexibility index (Phi) is 7.86. The number of rotatable bonds is 9. The average molecular weight is 623 g/mol. The normalized spacial score (nSPS) is 17.4. The number of sulfone groups is 1. The molecule has 0 radical (unpaired) electrons. The summed E-state index contributed by atoms with van der Waals surface area (Å²) < 4.78 is 33.2. The van der Waals surface area contributed by atoms with Crippen LogP contribution in [0.2, 0.25) is 0 Å². The minimum absolute atomic E-state index is 0.135. The van der Waals surface area contributed by atoms with Gasteiger partial charge in [-0.1, -0.05) is 106 Å². The van der Waals surface area contributed by atoms with Crippen molar-refractivity contribution in [2.45, 2.75) is 55.9 Å². The topological polar surface area (TPSA) is 132 Å². The van der Waals surface area contributed by atoms with Crippen molar-refractivity contribution in [3.63, 3.8) is 0 Å². The molecule has 6 rings (SSSR count). The van der Waals surface area contributed by atoms with Crippen LogP contribution in [0.1, 0.15) is 48.9 Å². The third kappa shape index (κ3) is 6.02. The Morgan fingerprint density at radius 1 is 0.844 bits per heavy atom. The van der Waals surface area contributed by atoms with Crippen LogP contribution >= 0.6 is 0 Å². The Bertz CT molecular complexity index is 1930. The lowest BCUT2D eigenvalue weighted by molar-refractivity contribution is -0.153. The highest BCUT2D eigenvalue weighted by atomic mass is 32.2. The predicted molar refractivity (Wildman–Crippen MR) is 169 cm³/mol. The highest BCUT2D eigenvalue weighted by Crippen LogP contribution is 2.48. The van der Waals surface area contributed by atoms with Crippen molar-refractivity contribution in [3.05, 3.63) is 120 Å². The third-order valence-corrected chi connectivity index (χ3v) is 9.97. The minimum atomic E-state index is -3.90. The molecule has 10 heteroatoms. The highest BCUT2D eigenvalue weighted by Gasteiger charge is 2.59. The fourth-order valence-corrected chi connectivity index (χ4v) is 7.90. The maximum Gasteiger partial charge on any atom is 0.318 e. The molecule has 2 aromatic heterocycles. The SMILES string of the molecule is CC(C)(C)C(c1cccc(CS(=O)(=O)c2ncnc3nc[nH]c23)c1)C1C(=O)OC(Cc2ccccc2)(Cc2ccccc2)C1=O. The van der Waals surface area contributed by atoms with Gasteiger partial charge >= 0.3 is 5.97 Å². The summed E-state index contributed by atoms with van der Waals surface area (Å²) in [5.41, 5.74) is 1.56. The summed E-state index contributed by atoms with van der Waals surface area (Å²) in [6.45, 7) is 5.93. The second-order valence-electron chi connectivity index (χ2n) is 12.7. The smallest absolute Gasteiger partial charge is 0.318 e. The number of esters is 1. The van der Waals surface area contributed by atoms with E-state index in [2.05, 4.69) is 19.9 Å². The first-order valence-corrected chi connectivity index (χ1v) is 16.4. The number of ether oxygens (including phenoxy) is 1. The number of nitrogens with zero attached hydrogens (tertiary/aromatic N) is 3. The molecule has 0 spiro atoms. The van der Waals surface area contributed by atoms with Gasteiger partial charge in [0, 0.05) is 18.8 Å². The Balaban J connectivity index is 1.37. The van der Waals surface area contributed by atoms with Crippen molar-refractivity contribution in [3.8, 4) is 0 Å². The monoisotopic (exact) mass is 622 g/mol. The van der Waals surface area contributed by atoms with Crippen LogP contribution in [0.5, 0.6) is 0 Å². The molecule has 1 N–H and O–H groups in total. The molecule has 2 unspecified atom stereocenters. The van der Waals surface area contributed by atoms with Gasteiger partial charge in [0.05, 0.1) is 12.1 Å². The zero-order valence-electron chi connectivity index (χ0n) is 25.3. The van der Waals surface area contributed by atoms with E-state index in [1.807, 2.05) is 87.5 Å². The van der Waals surface area contributed by atoms with Crippen molar-refractivity contribution in [1.29, 1.82) is 0 Å². The number of nitrogens with one attached hydrogen (secondary N) is 1. The summed E-state index contributed by atoms with van der Waals surface area (Å²) in [7, 11) is -3.90. The van der Waals surface area contributed by atoms with E-state index in [0.717, 1.165) is 11.1 Å². The second-order valence-corrected chi connectivity index (χ2v) is 14.6. The molecule has 3 heterocycles. The predicted octanol–water partition coefficient (Wildman–Crippen LogP) is 5.42. The van der Waals surface area contributed by atoms with E-state index in [9.17, 15) is 18.0 Å². The molecule has 1 aliphatic rings. The number of aromatic amines is 1. The van der Waals surface area contributed by atoms with Crippen LogP contribution in [0.25, 0.3) is 11.2 Å². The Hall–Kier alpha value is -4.70. The van der Waals surface area contributed by atoms with Crippen molar-refractivity contribution in [1.82, 2.24) is 19.9 Å². The fraction of sp³-hybridized carbons (Fsp3) is 0.286. The number of H-pyrrole nitrogens is 1. The number of fused-ring (bicyclic) bond motifs is 1. The molecule has 2 atom stereocenters. The largest absolute Gasteiger partial charge is 0.450 e. The van der Waals surface area contributed by atoms with Crippen LogP contribution in [0.3, 0.4) is 0 Å². The van der Waals surface area contributed by atoms with Crippen molar-refractivity contribution < 1.29 is 22.7 Å². The van der Waals surface area contributed by atoms with E-state index in [-0.39, 0.29) is 40.6 Å². The van der Waals surface area contributed by atoms with Gasteiger partial charge in [0.1, 0.15) is 17.8 Å². The van der Waals surface area contributed by atoms with Crippen LogP contribution in [0, 0.1) is 11.3 Å². The average Bonchev–Trinajstić information content (AvgIpc) is 3.56.